The number of nitrogens with one attached hydrogen (secondary N) is 2. The van der Waals surface area contributed by atoms with Crippen LogP contribution in [0, 0.1) is 0 Å². The van der Waals surface area contributed by atoms with E-state index in [0.717, 1.165) is 22.7 Å². The van der Waals surface area contributed by atoms with Crippen molar-refractivity contribution in [1.82, 2.24) is 4.98 Å². The molecule has 0 fully saturated rings. The molecule has 0 bridgehead atoms. The summed E-state index contributed by atoms with van der Waals surface area (Å²) in [5.41, 5.74) is 2.43. The molecule has 0 saturated carbocycles. The predicted octanol–water partition coefficient (Wildman–Crippen LogP) is 4.33. The largest absolute Gasteiger partial charge is 0.454 e. The van der Waals surface area contributed by atoms with E-state index in [4.69, 9.17) is 21.1 Å². The number of anilines is 2. The third-order valence-corrected chi connectivity index (χ3v) is 4.30. The first-order valence-corrected chi connectivity index (χ1v) is 8.70. The second-order valence-corrected chi connectivity index (χ2v) is 6.37. The van der Waals surface area contributed by atoms with Crippen LogP contribution in [-0.4, -0.2) is 17.7 Å². The fourth-order valence-corrected chi connectivity index (χ4v) is 2.74. The molecule has 0 spiro atoms. The summed E-state index contributed by atoms with van der Waals surface area (Å²) < 4.78 is 10.7. The van der Waals surface area contributed by atoms with Crippen LogP contribution in [0.4, 0.5) is 11.5 Å². The molecule has 0 radical (unpaired) electrons. The van der Waals surface area contributed by atoms with E-state index >= 15 is 0 Å². The van der Waals surface area contributed by atoms with Gasteiger partial charge in [-0.25, -0.2) is 4.98 Å². The molecule has 3 aromatic rings. The van der Waals surface area contributed by atoms with Gasteiger partial charge in [0.2, 0.25) is 6.79 Å². The maximum atomic E-state index is 12.2. The fourth-order valence-electron chi connectivity index (χ4n) is 2.62. The zero-order valence-corrected chi connectivity index (χ0v) is 15.0. The number of pyridine rings is 1. The summed E-state index contributed by atoms with van der Waals surface area (Å²) in [7, 11) is 0. The molecule has 1 aliphatic rings. The highest BCUT2D eigenvalue weighted by atomic mass is 35.5. The highest BCUT2D eigenvalue weighted by Gasteiger charge is 2.13. The van der Waals surface area contributed by atoms with Crippen LogP contribution in [0.2, 0.25) is 5.02 Å². The first-order valence-electron chi connectivity index (χ1n) is 8.33. The van der Waals surface area contributed by atoms with E-state index in [9.17, 15) is 4.79 Å². The molecule has 1 aliphatic heterocycles. The number of aromatic nitrogens is 1. The topological polar surface area (TPSA) is 72.5 Å². The van der Waals surface area contributed by atoms with Gasteiger partial charge in [0, 0.05) is 17.1 Å². The average Bonchev–Trinajstić information content (AvgIpc) is 3.16. The zero-order valence-electron chi connectivity index (χ0n) is 14.2. The molecule has 0 unspecified atom stereocenters. The monoisotopic (exact) mass is 381 g/mol. The standard InChI is InChI=1S/C20H16ClN3O3/c21-15-4-2-14(3-5-15)20(25)24-19-8-6-16(11-23-19)22-10-13-1-7-17-18(9-13)27-12-26-17/h1-9,11,22H,10,12H2,(H,23,24,25). The van der Waals surface area contributed by atoms with Crippen LogP contribution in [0.3, 0.4) is 0 Å². The summed E-state index contributed by atoms with van der Waals surface area (Å²) in [4.78, 5) is 16.4. The Kier molecular flexibility index (Phi) is 4.80. The summed E-state index contributed by atoms with van der Waals surface area (Å²) in [5.74, 6) is 1.76. The maximum Gasteiger partial charge on any atom is 0.256 e. The summed E-state index contributed by atoms with van der Waals surface area (Å²) in [6, 6.07) is 16.1. The molecule has 1 amide bonds. The Labute approximate surface area is 161 Å². The van der Waals surface area contributed by atoms with Gasteiger partial charge in [-0.15, -0.1) is 0 Å². The molecular formula is C20H16ClN3O3. The lowest BCUT2D eigenvalue weighted by Crippen LogP contribution is -2.12. The van der Waals surface area contributed by atoms with Crippen LogP contribution < -0.4 is 20.1 Å². The predicted molar refractivity (Wildman–Crippen MR) is 104 cm³/mol. The minimum absolute atomic E-state index is 0.236. The molecule has 0 saturated heterocycles. The molecule has 2 N–H and O–H groups in total. The number of amides is 1. The second-order valence-electron chi connectivity index (χ2n) is 5.93. The highest BCUT2D eigenvalue weighted by Crippen LogP contribution is 2.32. The number of halogens is 1. The van der Waals surface area contributed by atoms with Gasteiger partial charge in [-0.05, 0) is 54.1 Å². The van der Waals surface area contributed by atoms with Crippen molar-refractivity contribution in [2.45, 2.75) is 6.54 Å². The SMILES string of the molecule is O=C(Nc1ccc(NCc2ccc3c(c2)OCO3)cn1)c1ccc(Cl)cc1. The molecule has 27 heavy (non-hydrogen) atoms. The minimum atomic E-state index is -0.236. The number of hydrogen-bond acceptors (Lipinski definition) is 5. The average molecular weight is 382 g/mol. The minimum Gasteiger partial charge on any atom is -0.454 e. The third-order valence-electron chi connectivity index (χ3n) is 4.05. The Morgan fingerprint density at radius 3 is 2.63 bits per heavy atom. The Bertz CT molecular complexity index is 959. The zero-order chi connectivity index (χ0) is 18.6. The van der Waals surface area contributed by atoms with Crippen LogP contribution in [0.25, 0.3) is 0 Å². The summed E-state index contributed by atoms with van der Waals surface area (Å²) in [6.07, 6.45) is 1.67. The van der Waals surface area contributed by atoms with Crippen LogP contribution in [0.1, 0.15) is 15.9 Å². The van der Waals surface area contributed by atoms with Crippen molar-refractivity contribution in [3.63, 3.8) is 0 Å². The van der Waals surface area contributed by atoms with Crippen molar-refractivity contribution in [1.29, 1.82) is 0 Å². The first kappa shape index (κ1) is 17.2. The lowest BCUT2D eigenvalue weighted by Gasteiger charge is -2.09. The van der Waals surface area contributed by atoms with E-state index in [0.29, 0.717) is 22.9 Å². The number of ether oxygens (including phenoxy) is 2. The van der Waals surface area contributed by atoms with E-state index in [2.05, 4.69) is 15.6 Å². The van der Waals surface area contributed by atoms with Crippen LogP contribution >= 0.6 is 11.6 Å². The number of carbonyl (C=O) groups excluding carboxylic acids is 1. The molecule has 7 heteroatoms. The van der Waals surface area contributed by atoms with Crippen molar-refractivity contribution in [3.8, 4) is 11.5 Å². The molecule has 6 nitrogen and oxygen atoms in total. The number of rotatable bonds is 5. The summed E-state index contributed by atoms with van der Waals surface area (Å²) in [5, 5.41) is 6.63. The van der Waals surface area contributed by atoms with Gasteiger partial charge in [-0.1, -0.05) is 17.7 Å². The van der Waals surface area contributed by atoms with Crippen molar-refractivity contribution >= 4 is 29.0 Å². The van der Waals surface area contributed by atoms with Crippen LogP contribution in [0.5, 0.6) is 11.5 Å². The van der Waals surface area contributed by atoms with Gasteiger partial charge in [0.25, 0.3) is 5.91 Å². The number of benzene rings is 2. The van der Waals surface area contributed by atoms with Gasteiger partial charge >= 0.3 is 0 Å². The Balaban J connectivity index is 1.34. The van der Waals surface area contributed by atoms with Crippen molar-refractivity contribution < 1.29 is 14.3 Å². The molecule has 136 valence electrons. The Morgan fingerprint density at radius 1 is 1.04 bits per heavy atom. The molecular weight excluding hydrogens is 366 g/mol. The summed E-state index contributed by atoms with van der Waals surface area (Å²) in [6.45, 7) is 0.883. The first-order chi connectivity index (χ1) is 13.2. The smallest absolute Gasteiger partial charge is 0.256 e. The van der Waals surface area contributed by atoms with E-state index in [1.165, 1.54) is 0 Å². The van der Waals surface area contributed by atoms with Gasteiger partial charge < -0.3 is 20.1 Å². The van der Waals surface area contributed by atoms with Gasteiger partial charge in [0.1, 0.15) is 5.82 Å². The Hall–Kier alpha value is -3.25. The molecule has 0 atom stereocenters. The number of fused-ring (bicyclic) bond motifs is 1. The molecule has 1 aromatic heterocycles. The maximum absolute atomic E-state index is 12.2. The van der Waals surface area contributed by atoms with Crippen molar-refractivity contribution in [2.75, 3.05) is 17.4 Å². The van der Waals surface area contributed by atoms with E-state index < -0.39 is 0 Å². The van der Waals surface area contributed by atoms with Gasteiger partial charge in [-0.3, -0.25) is 4.79 Å². The molecule has 2 aromatic carbocycles. The lowest BCUT2D eigenvalue weighted by molar-refractivity contribution is 0.102. The normalized spacial score (nSPS) is 11.9. The van der Waals surface area contributed by atoms with Gasteiger partial charge in [-0.2, -0.15) is 0 Å². The van der Waals surface area contributed by atoms with Gasteiger partial charge in [0.05, 0.1) is 11.9 Å². The molecule has 2 heterocycles. The third kappa shape index (κ3) is 4.12. The lowest BCUT2D eigenvalue weighted by atomic mass is 10.2. The number of hydrogen-bond donors (Lipinski definition) is 2. The van der Waals surface area contributed by atoms with Gasteiger partial charge in [0.15, 0.2) is 11.5 Å². The van der Waals surface area contributed by atoms with Crippen molar-refractivity contribution in [3.05, 3.63) is 76.9 Å². The second kappa shape index (κ2) is 7.55. The van der Waals surface area contributed by atoms with Crippen LogP contribution in [-0.2, 0) is 6.54 Å². The quantitative estimate of drug-likeness (QED) is 0.688. The Morgan fingerprint density at radius 2 is 1.85 bits per heavy atom. The molecule has 0 aliphatic carbocycles. The summed E-state index contributed by atoms with van der Waals surface area (Å²) >= 11 is 5.83. The number of carbonyl (C=O) groups is 1. The van der Waals surface area contributed by atoms with E-state index in [1.54, 1.807) is 36.5 Å². The van der Waals surface area contributed by atoms with E-state index in [1.807, 2.05) is 24.3 Å². The fraction of sp³-hybridized carbons (Fsp3) is 0.100. The highest BCUT2D eigenvalue weighted by molar-refractivity contribution is 6.30. The van der Waals surface area contributed by atoms with Crippen molar-refractivity contribution in [2.24, 2.45) is 0 Å². The van der Waals surface area contributed by atoms with E-state index in [-0.39, 0.29) is 12.7 Å². The number of nitrogens with zero attached hydrogens (tertiary/aromatic N) is 1. The van der Waals surface area contributed by atoms with Crippen LogP contribution in [0.15, 0.2) is 60.8 Å². The molecule has 4 rings (SSSR count).